The first-order valence-corrected chi connectivity index (χ1v) is 9.99. The van der Waals surface area contributed by atoms with Crippen molar-refractivity contribution in [1.29, 1.82) is 0 Å². The minimum atomic E-state index is 0.192. The number of thiophene rings is 1. The maximum Gasteiger partial charge on any atom is 0.254 e. The summed E-state index contributed by atoms with van der Waals surface area (Å²) in [6.07, 6.45) is 1.44. The van der Waals surface area contributed by atoms with E-state index in [9.17, 15) is 4.79 Å². The molecular weight excluding hydrogens is 322 g/mol. The standard InChI is InChI=1S/C18H27N3O2S/c1-19-5-7-20(8-6-19)11-17-16-2-4-21(10-15(16)12-23-17)18(22)14-3-9-24-13-14/h3,9,13,15-17H,2,4-8,10-12H2,1H3/t15-,16-,17+/m1/s1. The van der Waals surface area contributed by atoms with Crippen molar-refractivity contribution < 1.29 is 9.53 Å². The van der Waals surface area contributed by atoms with E-state index < -0.39 is 0 Å². The first-order valence-electron chi connectivity index (χ1n) is 9.04. The van der Waals surface area contributed by atoms with Crippen molar-refractivity contribution in [1.82, 2.24) is 14.7 Å². The van der Waals surface area contributed by atoms with E-state index in [-0.39, 0.29) is 5.91 Å². The fourth-order valence-electron chi connectivity index (χ4n) is 4.31. The second-order valence-electron chi connectivity index (χ2n) is 7.45. The van der Waals surface area contributed by atoms with Crippen LogP contribution in [0.3, 0.4) is 0 Å². The third-order valence-corrected chi connectivity index (χ3v) is 6.57. The molecule has 0 bridgehead atoms. The van der Waals surface area contributed by atoms with Gasteiger partial charge in [0.2, 0.25) is 0 Å². The fraction of sp³-hybridized carbons (Fsp3) is 0.722. The first kappa shape index (κ1) is 16.5. The number of piperidine rings is 1. The molecule has 3 aliphatic rings. The van der Waals surface area contributed by atoms with Crippen LogP contribution < -0.4 is 0 Å². The highest BCUT2D eigenvalue weighted by Gasteiger charge is 2.42. The van der Waals surface area contributed by atoms with Crippen molar-refractivity contribution in [2.45, 2.75) is 12.5 Å². The second-order valence-corrected chi connectivity index (χ2v) is 8.23. The van der Waals surface area contributed by atoms with E-state index in [1.807, 2.05) is 21.7 Å². The highest BCUT2D eigenvalue weighted by molar-refractivity contribution is 7.08. The minimum Gasteiger partial charge on any atom is -0.376 e. The SMILES string of the molecule is CN1CCN(C[C@@H]2OC[C@H]3CN(C(=O)c4ccsc4)CC[C@H]32)CC1. The van der Waals surface area contributed by atoms with Gasteiger partial charge in [0, 0.05) is 57.1 Å². The van der Waals surface area contributed by atoms with E-state index in [1.54, 1.807) is 11.3 Å². The highest BCUT2D eigenvalue weighted by atomic mass is 32.1. The van der Waals surface area contributed by atoms with Crippen molar-refractivity contribution in [2.75, 3.05) is 59.5 Å². The molecule has 0 aliphatic carbocycles. The molecular formula is C18H27N3O2S. The van der Waals surface area contributed by atoms with Crippen molar-refractivity contribution in [2.24, 2.45) is 11.8 Å². The van der Waals surface area contributed by atoms with Gasteiger partial charge in [-0.25, -0.2) is 0 Å². The largest absolute Gasteiger partial charge is 0.376 e. The summed E-state index contributed by atoms with van der Waals surface area (Å²) < 4.78 is 6.16. The van der Waals surface area contributed by atoms with Crippen LogP contribution in [0.2, 0.25) is 0 Å². The predicted octanol–water partition coefficient (Wildman–Crippen LogP) is 1.47. The quantitative estimate of drug-likeness (QED) is 0.828. The van der Waals surface area contributed by atoms with Gasteiger partial charge in [0.1, 0.15) is 0 Å². The molecule has 3 aliphatic heterocycles. The van der Waals surface area contributed by atoms with Crippen LogP contribution in [0.25, 0.3) is 0 Å². The highest BCUT2D eigenvalue weighted by Crippen LogP contribution is 2.35. The van der Waals surface area contributed by atoms with Crippen molar-refractivity contribution in [3.05, 3.63) is 22.4 Å². The summed E-state index contributed by atoms with van der Waals surface area (Å²) >= 11 is 1.59. The lowest BCUT2D eigenvalue weighted by molar-refractivity contribution is 0.0344. The number of carbonyl (C=O) groups excluding carboxylic acids is 1. The van der Waals surface area contributed by atoms with Gasteiger partial charge in [0.05, 0.1) is 18.3 Å². The zero-order chi connectivity index (χ0) is 16.5. The first-order chi connectivity index (χ1) is 11.7. The zero-order valence-corrected chi connectivity index (χ0v) is 15.2. The average Bonchev–Trinajstić information content (AvgIpc) is 3.26. The van der Waals surface area contributed by atoms with Gasteiger partial charge in [-0.3, -0.25) is 9.69 Å². The monoisotopic (exact) mass is 349 g/mol. The van der Waals surface area contributed by atoms with Crippen LogP contribution in [-0.2, 0) is 4.74 Å². The Labute approximate surface area is 148 Å². The van der Waals surface area contributed by atoms with Crippen molar-refractivity contribution in [3.63, 3.8) is 0 Å². The Morgan fingerprint density at radius 2 is 2.12 bits per heavy atom. The molecule has 1 aromatic rings. The number of piperazine rings is 1. The predicted molar refractivity (Wildman–Crippen MR) is 95.5 cm³/mol. The maximum absolute atomic E-state index is 12.6. The number of nitrogens with zero attached hydrogens (tertiary/aromatic N) is 3. The molecule has 1 amide bonds. The molecule has 4 heterocycles. The van der Waals surface area contributed by atoms with Crippen LogP contribution in [0.15, 0.2) is 16.8 Å². The molecule has 24 heavy (non-hydrogen) atoms. The number of hydrogen-bond donors (Lipinski definition) is 0. The third kappa shape index (κ3) is 3.38. The molecule has 0 radical (unpaired) electrons. The molecule has 3 atom stereocenters. The second kappa shape index (κ2) is 7.12. The lowest BCUT2D eigenvalue weighted by atomic mass is 9.84. The molecule has 0 aromatic carbocycles. The van der Waals surface area contributed by atoms with E-state index >= 15 is 0 Å². The van der Waals surface area contributed by atoms with E-state index in [0.717, 1.165) is 64.4 Å². The van der Waals surface area contributed by atoms with E-state index in [1.165, 1.54) is 0 Å². The molecule has 3 saturated heterocycles. The van der Waals surface area contributed by atoms with Gasteiger partial charge < -0.3 is 14.5 Å². The van der Waals surface area contributed by atoms with Gasteiger partial charge in [0.15, 0.2) is 0 Å². The Bertz CT molecular complexity index is 557. The smallest absolute Gasteiger partial charge is 0.254 e. The van der Waals surface area contributed by atoms with Crippen LogP contribution in [-0.4, -0.2) is 86.2 Å². The summed E-state index contributed by atoms with van der Waals surface area (Å²) in [7, 11) is 2.19. The van der Waals surface area contributed by atoms with Crippen molar-refractivity contribution >= 4 is 17.2 Å². The Balaban J connectivity index is 1.32. The van der Waals surface area contributed by atoms with E-state index in [2.05, 4.69) is 16.8 Å². The Morgan fingerprint density at radius 3 is 2.88 bits per heavy atom. The molecule has 1 aromatic heterocycles. The van der Waals surface area contributed by atoms with E-state index in [4.69, 9.17) is 4.74 Å². The van der Waals surface area contributed by atoms with Gasteiger partial charge in [-0.1, -0.05) is 0 Å². The maximum atomic E-state index is 12.6. The molecule has 0 N–H and O–H groups in total. The molecule has 0 spiro atoms. The normalized spacial score (nSPS) is 32.0. The molecule has 4 rings (SSSR count). The molecule has 132 valence electrons. The third-order valence-electron chi connectivity index (χ3n) is 5.88. The number of amides is 1. The topological polar surface area (TPSA) is 36.0 Å². The number of hydrogen-bond acceptors (Lipinski definition) is 5. The summed E-state index contributed by atoms with van der Waals surface area (Å²) in [6.45, 7) is 8.22. The lowest BCUT2D eigenvalue weighted by Gasteiger charge is -2.38. The summed E-state index contributed by atoms with van der Waals surface area (Å²) in [5.74, 6) is 1.33. The van der Waals surface area contributed by atoms with Crippen molar-refractivity contribution in [3.8, 4) is 0 Å². The Morgan fingerprint density at radius 1 is 1.29 bits per heavy atom. The summed E-state index contributed by atoms with van der Waals surface area (Å²) in [5.41, 5.74) is 0.839. The number of ether oxygens (including phenoxy) is 1. The minimum absolute atomic E-state index is 0.192. The summed E-state index contributed by atoms with van der Waals surface area (Å²) in [4.78, 5) is 19.5. The van der Waals surface area contributed by atoms with Gasteiger partial charge in [-0.15, -0.1) is 0 Å². The Hall–Kier alpha value is -0.950. The van der Waals surface area contributed by atoms with Gasteiger partial charge in [-0.2, -0.15) is 11.3 Å². The molecule has 0 saturated carbocycles. The number of likely N-dealkylation sites (N-methyl/N-ethyl adjacent to an activating group) is 1. The number of likely N-dealkylation sites (tertiary alicyclic amines) is 1. The van der Waals surface area contributed by atoms with Crippen LogP contribution in [0.4, 0.5) is 0 Å². The van der Waals surface area contributed by atoms with Crippen LogP contribution >= 0.6 is 11.3 Å². The molecule has 3 fully saturated rings. The van der Waals surface area contributed by atoms with Crippen LogP contribution in [0, 0.1) is 11.8 Å². The number of fused-ring (bicyclic) bond motifs is 1. The molecule has 0 unspecified atom stereocenters. The average molecular weight is 350 g/mol. The molecule has 5 nitrogen and oxygen atoms in total. The fourth-order valence-corrected chi connectivity index (χ4v) is 4.94. The van der Waals surface area contributed by atoms with Gasteiger partial charge >= 0.3 is 0 Å². The number of rotatable bonds is 3. The zero-order valence-electron chi connectivity index (χ0n) is 14.4. The van der Waals surface area contributed by atoms with Gasteiger partial charge in [-0.05, 0) is 30.8 Å². The number of carbonyl (C=O) groups is 1. The summed E-state index contributed by atoms with van der Waals surface area (Å²) in [5, 5.41) is 3.93. The van der Waals surface area contributed by atoms with Crippen LogP contribution in [0.5, 0.6) is 0 Å². The van der Waals surface area contributed by atoms with E-state index in [0.29, 0.717) is 17.9 Å². The molecule has 6 heteroatoms. The summed E-state index contributed by atoms with van der Waals surface area (Å²) in [6, 6.07) is 1.93. The lowest BCUT2D eigenvalue weighted by Crippen LogP contribution is -2.49. The van der Waals surface area contributed by atoms with Gasteiger partial charge in [0.25, 0.3) is 5.91 Å². The van der Waals surface area contributed by atoms with Crippen LogP contribution in [0.1, 0.15) is 16.8 Å². The Kier molecular flexibility index (Phi) is 4.90.